The summed E-state index contributed by atoms with van der Waals surface area (Å²) in [4.78, 5) is 16.4. The van der Waals surface area contributed by atoms with E-state index in [-0.39, 0.29) is 11.7 Å². The molecule has 0 spiro atoms. The van der Waals surface area contributed by atoms with Crippen LogP contribution in [0, 0.1) is 0 Å². The van der Waals surface area contributed by atoms with Crippen LogP contribution in [-0.4, -0.2) is 46.9 Å². The first-order valence-electron chi connectivity index (χ1n) is 7.92. The van der Waals surface area contributed by atoms with E-state index in [9.17, 15) is 4.79 Å². The van der Waals surface area contributed by atoms with E-state index in [1.54, 1.807) is 7.11 Å². The van der Waals surface area contributed by atoms with Gasteiger partial charge in [0.15, 0.2) is 0 Å². The van der Waals surface area contributed by atoms with Gasteiger partial charge >= 0.3 is 5.69 Å². The van der Waals surface area contributed by atoms with E-state index in [4.69, 9.17) is 9.47 Å². The molecule has 0 bridgehead atoms. The third kappa shape index (κ3) is 3.92. The van der Waals surface area contributed by atoms with Gasteiger partial charge in [0.1, 0.15) is 23.9 Å². The lowest BCUT2D eigenvalue weighted by atomic mass is 10.0. The van der Waals surface area contributed by atoms with Gasteiger partial charge in [-0.15, -0.1) is 0 Å². The monoisotopic (exact) mass is 318 g/mol. The van der Waals surface area contributed by atoms with E-state index >= 15 is 0 Å². The number of benzene rings is 1. The van der Waals surface area contributed by atoms with E-state index in [0.29, 0.717) is 6.61 Å². The lowest BCUT2D eigenvalue weighted by Gasteiger charge is -2.33. The summed E-state index contributed by atoms with van der Waals surface area (Å²) in [5.41, 5.74) is -0.250. The third-order valence-electron chi connectivity index (χ3n) is 4.16. The predicted molar refractivity (Wildman–Crippen MR) is 85.9 cm³/mol. The average molecular weight is 318 g/mol. The van der Waals surface area contributed by atoms with Crippen molar-refractivity contribution < 1.29 is 9.47 Å². The molecule has 0 amide bonds. The number of rotatable bonds is 6. The standard InChI is InChI=1S/C16H22N4O3/c1-22-12-5-7-13(8-6-12)23-11-10-20-9-3-2-4-14(20)15-17-16(21)19-18-15/h5-8,14H,2-4,9-11H2,1H3,(H2,17,18,19,21)/t14-/m0/s1. The van der Waals surface area contributed by atoms with Crippen molar-refractivity contribution in [3.63, 3.8) is 0 Å². The summed E-state index contributed by atoms with van der Waals surface area (Å²) < 4.78 is 10.9. The Balaban J connectivity index is 1.55. The molecule has 0 radical (unpaired) electrons. The Kier molecular flexibility index (Phi) is 4.97. The van der Waals surface area contributed by atoms with E-state index in [2.05, 4.69) is 20.1 Å². The summed E-state index contributed by atoms with van der Waals surface area (Å²) in [7, 11) is 1.64. The number of methoxy groups -OCH3 is 1. The lowest BCUT2D eigenvalue weighted by molar-refractivity contribution is 0.118. The maximum Gasteiger partial charge on any atom is 0.340 e. The molecule has 1 atom stereocenters. The van der Waals surface area contributed by atoms with E-state index < -0.39 is 0 Å². The third-order valence-corrected chi connectivity index (χ3v) is 4.16. The highest BCUT2D eigenvalue weighted by Gasteiger charge is 2.26. The minimum absolute atomic E-state index is 0.155. The Hall–Kier alpha value is -2.28. The first-order valence-corrected chi connectivity index (χ1v) is 7.92. The first kappa shape index (κ1) is 15.6. The Morgan fingerprint density at radius 1 is 1.26 bits per heavy atom. The van der Waals surface area contributed by atoms with Gasteiger partial charge in [-0.3, -0.25) is 9.88 Å². The van der Waals surface area contributed by atoms with Crippen LogP contribution < -0.4 is 15.2 Å². The molecule has 1 aliphatic rings. The predicted octanol–water partition coefficient (Wildman–Crippen LogP) is 1.71. The quantitative estimate of drug-likeness (QED) is 0.847. The molecule has 7 nitrogen and oxygen atoms in total. The Morgan fingerprint density at radius 3 is 2.74 bits per heavy atom. The average Bonchev–Trinajstić information content (AvgIpc) is 3.02. The van der Waals surface area contributed by atoms with Gasteiger partial charge in [-0.25, -0.2) is 9.89 Å². The fourth-order valence-corrected chi connectivity index (χ4v) is 2.96. The highest BCUT2D eigenvalue weighted by Crippen LogP contribution is 2.27. The van der Waals surface area contributed by atoms with Crippen molar-refractivity contribution in [1.29, 1.82) is 0 Å². The number of ether oxygens (including phenoxy) is 2. The molecule has 2 N–H and O–H groups in total. The Bertz CT molecular complexity index is 664. The summed E-state index contributed by atoms with van der Waals surface area (Å²) in [6, 6.07) is 7.72. The second kappa shape index (κ2) is 7.32. The molecule has 3 rings (SSSR count). The number of nitrogens with one attached hydrogen (secondary N) is 2. The first-order chi connectivity index (χ1) is 11.3. The zero-order valence-electron chi connectivity index (χ0n) is 13.2. The molecule has 2 aromatic rings. The smallest absolute Gasteiger partial charge is 0.340 e. The number of hydrogen-bond acceptors (Lipinski definition) is 5. The van der Waals surface area contributed by atoms with Gasteiger partial charge in [0.25, 0.3) is 0 Å². The van der Waals surface area contributed by atoms with Crippen LogP contribution in [0.5, 0.6) is 11.5 Å². The van der Waals surface area contributed by atoms with Gasteiger partial charge in [0, 0.05) is 6.54 Å². The Labute approximate surface area is 134 Å². The van der Waals surface area contributed by atoms with E-state index in [1.165, 1.54) is 0 Å². The van der Waals surface area contributed by atoms with Crippen molar-refractivity contribution in [2.75, 3.05) is 26.8 Å². The highest BCUT2D eigenvalue weighted by atomic mass is 16.5. The Morgan fingerprint density at radius 2 is 2.04 bits per heavy atom. The van der Waals surface area contributed by atoms with Gasteiger partial charge in [-0.1, -0.05) is 6.42 Å². The second-order valence-corrected chi connectivity index (χ2v) is 5.63. The summed E-state index contributed by atoms with van der Waals surface area (Å²) in [6.07, 6.45) is 3.31. The van der Waals surface area contributed by atoms with Crippen molar-refractivity contribution in [3.8, 4) is 11.5 Å². The van der Waals surface area contributed by atoms with Crippen LogP contribution in [0.25, 0.3) is 0 Å². The highest BCUT2D eigenvalue weighted by molar-refractivity contribution is 5.31. The summed E-state index contributed by atoms with van der Waals surface area (Å²) in [5.74, 6) is 2.36. The van der Waals surface area contributed by atoms with Crippen molar-refractivity contribution in [3.05, 3.63) is 40.6 Å². The van der Waals surface area contributed by atoms with Crippen molar-refractivity contribution in [1.82, 2.24) is 20.1 Å². The molecule has 0 unspecified atom stereocenters. The van der Waals surface area contributed by atoms with Crippen molar-refractivity contribution in [2.45, 2.75) is 25.3 Å². The summed E-state index contributed by atoms with van der Waals surface area (Å²) >= 11 is 0. The van der Waals surface area contributed by atoms with Crippen LogP contribution in [0.3, 0.4) is 0 Å². The van der Waals surface area contributed by atoms with Crippen LogP contribution >= 0.6 is 0 Å². The van der Waals surface area contributed by atoms with Crippen molar-refractivity contribution >= 4 is 0 Å². The number of piperidine rings is 1. The van der Waals surface area contributed by atoms with Crippen LogP contribution in [0.1, 0.15) is 31.1 Å². The zero-order valence-corrected chi connectivity index (χ0v) is 13.2. The molecule has 124 valence electrons. The molecule has 1 aromatic heterocycles. The maximum absolute atomic E-state index is 11.3. The number of likely N-dealkylation sites (tertiary alicyclic amines) is 1. The molecular weight excluding hydrogens is 296 g/mol. The fourth-order valence-electron chi connectivity index (χ4n) is 2.96. The summed E-state index contributed by atoms with van der Waals surface area (Å²) in [6.45, 7) is 2.38. The lowest BCUT2D eigenvalue weighted by Crippen LogP contribution is -2.37. The minimum Gasteiger partial charge on any atom is -0.497 e. The topological polar surface area (TPSA) is 83.2 Å². The largest absolute Gasteiger partial charge is 0.497 e. The van der Waals surface area contributed by atoms with Crippen LogP contribution in [0.15, 0.2) is 29.1 Å². The molecule has 1 fully saturated rings. The van der Waals surface area contributed by atoms with Crippen molar-refractivity contribution in [2.24, 2.45) is 0 Å². The SMILES string of the molecule is COc1ccc(OCCN2CCCC[C@H]2c2n[nH]c(=O)[nH]2)cc1. The van der Waals surface area contributed by atoms with Gasteiger partial charge < -0.3 is 9.47 Å². The fraction of sp³-hybridized carbons (Fsp3) is 0.500. The molecule has 0 saturated carbocycles. The van der Waals surface area contributed by atoms with Crippen LogP contribution in [0.4, 0.5) is 0 Å². The van der Waals surface area contributed by atoms with Crippen LogP contribution in [-0.2, 0) is 0 Å². The van der Waals surface area contributed by atoms with Gasteiger partial charge in [-0.2, -0.15) is 5.10 Å². The van der Waals surface area contributed by atoms with Crippen LogP contribution in [0.2, 0.25) is 0 Å². The van der Waals surface area contributed by atoms with Gasteiger partial charge in [0.2, 0.25) is 0 Å². The van der Waals surface area contributed by atoms with Gasteiger partial charge in [0.05, 0.1) is 13.2 Å². The molecule has 23 heavy (non-hydrogen) atoms. The second-order valence-electron chi connectivity index (χ2n) is 5.63. The molecule has 1 aromatic carbocycles. The minimum atomic E-state index is -0.250. The molecule has 0 aliphatic carbocycles. The van der Waals surface area contributed by atoms with Gasteiger partial charge in [-0.05, 0) is 43.7 Å². The molecular formula is C16H22N4O3. The number of hydrogen-bond donors (Lipinski definition) is 2. The molecule has 2 heterocycles. The number of aromatic amines is 2. The van der Waals surface area contributed by atoms with E-state index in [0.717, 1.165) is 49.7 Å². The molecule has 7 heteroatoms. The molecule has 1 saturated heterocycles. The maximum atomic E-state index is 11.3. The van der Waals surface area contributed by atoms with E-state index in [1.807, 2.05) is 24.3 Å². The zero-order chi connectivity index (χ0) is 16.1. The summed E-state index contributed by atoms with van der Waals surface area (Å²) in [5, 5.41) is 6.53. The normalized spacial score (nSPS) is 18.7. The number of aromatic nitrogens is 3. The number of nitrogens with zero attached hydrogens (tertiary/aromatic N) is 2. The number of H-pyrrole nitrogens is 2. The molecule has 1 aliphatic heterocycles.